The van der Waals surface area contributed by atoms with Crippen LogP contribution < -0.4 is 4.90 Å². The molecule has 1 aromatic heterocycles. The molecular formula is C16H18N2O2. The van der Waals surface area contributed by atoms with Gasteiger partial charge in [-0.3, -0.25) is 4.79 Å². The fourth-order valence-corrected chi connectivity index (χ4v) is 3.68. The zero-order chi connectivity index (χ0) is 13.9. The smallest absolute Gasteiger partial charge is 0.310 e. The molecule has 1 fully saturated rings. The van der Waals surface area contributed by atoms with Crippen molar-refractivity contribution in [2.45, 2.75) is 31.6 Å². The largest absolute Gasteiger partial charge is 0.481 e. The van der Waals surface area contributed by atoms with Crippen molar-refractivity contribution in [1.82, 2.24) is 4.98 Å². The average Bonchev–Trinajstić information content (AvgIpc) is 2.88. The molecule has 0 aliphatic carbocycles. The Hall–Kier alpha value is -1.97. The molecule has 4 heteroatoms. The molecule has 2 bridgehead atoms. The van der Waals surface area contributed by atoms with E-state index in [1.165, 1.54) is 29.6 Å². The van der Waals surface area contributed by atoms with Crippen molar-refractivity contribution in [1.29, 1.82) is 0 Å². The summed E-state index contributed by atoms with van der Waals surface area (Å²) in [5, 5.41) is 10.4. The summed E-state index contributed by atoms with van der Waals surface area (Å²) < 4.78 is 0. The highest BCUT2D eigenvalue weighted by Crippen LogP contribution is 2.46. The topological polar surface area (TPSA) is 56.3 Å². The second-order valence-corrected chi connectivity index (χ2v) is 6.01. The van der Waals surface area contributed by atoms with E-state index in [-0.39, 0.29) is 0 Å². The highest BCUT2D eigenvalue weighted by molar-refractivity contribution is 5.92. The van der Waals surface area contributed by atoms with Crippen LogP contribution in [0.1, 0.15) is 42.7 Å². The summed E-state index contributed by atoms with van der Waals surface area (Å²) in [6.45, 7) is 4.03. The van der Waals surface area contributed by atoms with Crippen LogP contribution in [0.25, 0.3) is 10.9 Å². The van der Waals surface area contributed by atoms with Crippen molar-refractivity contribution < 1.29 is 9.90 Å². The maximum atomic E-state index is 11.2. The first-order chi connectivity index (χ1) is 9.65. The molecule has 2 N–H and O–H groups in total. The standard InChI is InChI=1S/C16H18N2O2/c1-9(16(19)20)11-2-3-13-12(8-11)14-10-4-6-18(7-5-10)15(14)17-13/h2-3,8-10,17H,4-7H2,1H3,(H,19,20). The van der Waals surface area contributed by atoms with Gasteiger partial charge in [-0.05, 0) is 43.4 Å². The summed E-state index contributed by atoms with van der Waals surface area (Å²) in [6, 6.07) is 6.04. The minimum absolute atomic E-state index is 0.453. The van der Waals surface area contributed by atoms with E-state index >= 15 is 0 Å². The minimum atomic E-state index is -0.765. The number of aliphatic carboxylic acids is 1. The van der Waals surface area contributed by atoms with E-state index in [1.807, 2.05) is 12.1 Å². The number of hydrogen-bond acceptors (Lipinski definition) is 2. The zero-order valence-corrected chi connectivity index (χ0v) is 11.5. The van der Waals surface area contributed by atoms with Crippen LogP contribution in [0, 0.1) is 0 Å². The number of fused-ring (bicyclic) bond motifs is 3. The lowest BCUT2D eigenvalue weighted by molar-refractivity contribution is -0.138. The number of aromatic nitrogens is 1. The Bertz CT molecular complexity index is 696. The Balaban J connectivity index is 1.91. The number of nitrogens with one attached hydrogen (secondary N) is 1. The van der Waals surface area contributed by atoms with Gasteiger partial charge in [0.2, 0.25) is 0 Å². The van der Waals surface area contributed by atoms with Crippen LogP contribution in [0.4, 0.5) is 5.82 Å². The van der Waals surface area contributed by atoms with Crippen LogP contribution in [0.15, 0.2) is 18.2 Å². The number of carboxylic acids is 1. The van der Waals surface area contributed by atoms with E-state index in [0.717, 1.165) is 24.2 Å². The third-order valence-electron chi connectivity index (χ3n) is 4.93. The van der Waals surface area contributed by atoms with E-state index in [4.69, 9.17) is 0 Å². The Morgan fingerprint density at radius 1 is 1.40 bits per heavy atom. The molecule has 4 nitrogen and oxygen atoms in total. The number of rotatable bonds is 2. The molecule has 0 radical (unpaired) electrons. The highest BCUT2D eigenvalue weighted by atomic mass is 16.4. The number of piperidine rings is 1. The summed E-state index contributed by atoms with van der Waals surface area (Å²) in [4.78, 5) is 17.1. The fraction of sp³-hybridized carbons (Fsp3) is 0.438. The number of anilines is 1. The van der Waals surface area contributed by atoms with Gasteiger partial charge in [0.05, 0.1) is 5.92 Å². The molecule has 0 saturated carbocycles. The van der Waals surface area contributed by atoms with Gasteiger partial charge in [0.15, 0.2) is 0 Å². The molecule has 20 heavy (non-hydrogen) atoms. The van der Waals surface area contributed by atoms with Crippen LogP contribution >= 0.6 is 0 Å². The van der Waals surface area contributed by atoms with E-state index < -0.39 is 11.9 Å². The second-order valence-electron chi connectivity index (χ2n) is 6.01. The maximum Gasteiger partial charge on any atom is 0.310 e. The third kappa shape index (κ3) is 1.51. The fourth-order valence-electron chi connectivity index (χ4n) is 3.68. The van der Waals surface area contributed by atoms with Gasteiger partial charge in [-0.25, -0.2) is 0 Å². The summed E-state index contributed by atoms with van der Waals surface area (Å²) in [7, 11) is 0. The monoisotopic (exact) mass is 270 g/mol. The summed E-state index contributed by atoms with van der Waals surface area (Å²) in [5.74, 6) is 0.687. The molecule has 5 rings (SSSR count). The van der Waals surface area contributed by atoms with Crippen LogP contribution in [0.5, 0.6) is 0 Å². The Labute approximate surface area is 117 Å². The third-order valence-corrected chi connectivity index (χ3v) is 4.93. The quantitative estimate of drug-likeness (QED) is 0.881. The van der Waals surface area contributed by atoms with Crippen molar-refractivity contribution in [2.75, 3.05) is 18.0 Å². The van der Waals surface area contributed by atoms with Gasteiger partial charge >= 0.3 is 5.97 Å². The molecular weight excluding hydrogens is 252 g/mol. The van der Waals surface area contributed by atoms with Crippen molar-refractivity contribution in [2.24, 2.45) is 0 Å². The van der Waals surface area contributed by atoms with Gasteiger partial charge < -0.3 is 15.0 Å². The zero-order valence-electron chi connectivity index (χ0n) is 11.5. The Morgan fingerprint density at radius 2 is 2.15 bits per heavy atom. The Kier molecular flexibility index (Phi) is 2.37. The minimum Gasteiger partial charge on any atom is -0.481 e. The first kappa shape index (κ1) is 11.8. The molecule has 0 spiro atoms. The number of hydrogen-bond donors (Lipinski definition) is 2. The van der Waals surface area contributed by atoms with E-state index in [1.54, 1.807) is 6.92 Å². The average molecular weight is 270 g/mol. The van der Waals surface area contributed by atoms with Crippen LogP contribution in [-0.2, 0) is 4.79 Å². The van der Waals surface area contributed by atoms with Crippen molar-refractivity contribution >= 4 is 22.7 Å². The van der Waals surface area contributed by atoms with Crippen LogP contribution in [0.3, 0.4) is 0 Å². The van der Waals surface area contributed by atoms with E-state index in [0.29, 0.717) is 5.92 Å². The summed E-state index contributed by atoms with van der Waals surface area (Å²) in [5.41, 5.74) is 3.44. The number of carbonyl (C=O) groups is 1. The van der Waals surface area contributed by atoms with Crippen LogP contribution in [-0.4, -0.2) is 29.1 Å². The Morgan fingerprint density at radius 3 is 2.85 bits per heavy atom. The van der Waals surface area contributed by atoms with Crippen molar-refractivity contribution in [3.8, 4) is 0 Å². The highest BCUT2D eigenvalue weighted by Gasteiger charge is 2.34. The summed E-state index contributed by atoms with van der Waals surface area (Å²) in [6.07, 6.45) is 2.44. The lowest BCUT2D eigenvalue weighted by Crippen LogP contribution is -2.38. The van der Waals surface area contributed by atoms with Gasteiger partial charge in [0, 0.05) is 29.6 Å². The molecule has 3 aliphatic rings. The normalized spacial score (nSPS) is 19.4. The van der Waals surface area contributed by atoms with Gasteiger partial charge in [-0.2, -0.15) is 0 Å². The van der Waals surface area contributed by atoms with Gasteiger partial charge in [-0.15, -0.1) is 0 Å². The SMILES string of the molecule is CC(C(=O)O)c1ccc2[nH]c3c(c2c1)C1CCN3CC1. The first-order valence-corrected chi connectivity index (χ1v) is 7.28. The van der Waals surface area contributed by atoms with Crippen LogP contribution in [0.2, 0.25) is 0 Å². The van der Waals surface area contributed by atoms with E-state index in [2.05, 4.69) is 16.0 Å². The predicted molar refractivity (Wildman–Crippen MR) is 78.5 cm³/mol. The molecule has 1 atom stereocenters. The molecule has 0 amide bonds. The van der Waals surface area contributed by atoms with E-state index in [9.17, 15) is 9.90 Å². The molecule has 1 saturated heterocycles. The molecule has 104 valence electrons. The number of benzene rings is 1. The maximum absolute atomic E-state index is 11.2. The number of carboxylic acid groups (broad SMARTS) is 1. The molecule has 3 aliphatic heterocycles. The van der Waals surface area contributed by atoms with Crippen molar-refractivity contribution in [3.05, 3.63) is 29.3 Å². The molecule has 1 aromatic carbocycles. The predicted octanol–water partition coefficient (Wildman–Crippen LogP) is 3.05. The van der Waals surface area contributed by atoms with Crippen molar-refractivity contribution in [3.63, 3.8) is 0 Å². The number of H-pyrrole nitrogens is 1. The second kappa shape index (κ2) is 4.01. The molecule has 2 aromatic rings. The number of aromatic amines is 1. The summed E-state index contributed by atoms with van der Waals surface area (Å²) >= 11 is 0. The van der Waals surface area contributed by atoms with Gasteiger partial charge in [-0.1, -0.05) is 6.07 Å². The lowest BCUT2D eigenvalue weighted by Gasteiger charge is -2.40. The first-order valence-electron chi connectivity index (χ1n) is 7.28. The molecule has 1 unspecified atom stereocenters. The van der Waals surface area contributed by atoms with Gasteiger partial charge in [0.25, 0.3) is 0 Å². The lowest BCUT2D eigenvalue weighted by atomic mass is 9.84. The number of nitrogens with zero attached hydrogens (tertiary/aromatic N) is 1. The molecule has 4 heterocycles. The van der Waals surface area contributed by atoms with Gasteiger partial charge in [0.1, 0.15) is 5.82 Å².